The second-order valence-corrected chi connectivity index (χ2v) is 6.58. The van der Waals surface area contributed by atoms with Crippen LogP contribution >= 0.6 is 0 Å². The highest BCUT2D eigenvalue weighted by Crippen LogP contribution is 2.31. The Labute approximate surface area is 149 Å². The van der Waals surface area contributed by atoms with Gasteiger partial charge in [0.2, 0.25) is 0 Å². The molecule has 0 spiro atoms. The van der Waals surface area contributed by atoms with E-state index in [9.17, 15) is 0 Å². The van der Waals surface area contributed by atoms with Crippen molar-refractivity contribution in [3.05, 3.63) is 78.9 Å². The minimum atomic E-state index is 0.473. The van der Waals surface area contributed by atoms with Gasteiger partial charge in [-0.25, -0.2) is 0 Å². The van der Waals surface area contributed by atoms with E-state index in [-0.39, 0.29) is 0 Å². The van der Waals surface area contributed by atoms with Gasteiger partial charge in [0.1, 0.15) is 12.4 Å². The molecular weight excluding hydrogens is 306 g/mol. The molecule has 3 aromatic rings. The molecule has 0 radical (unpaired) electrons. The summed E-state index contributed by atoms with van der Waals surface area (Å²) in [6.07, 6.45) is 2.44. The monoisotopic (exact) mass is 329 g/mol. The van der Waals surface area contributed by atoms with Crippen LogP contribution in [0.2, 0.25) is 0 Å². The highest BCUT2D eigenvalue weighted by Gasteiger charge is 2.15. The van der Waals surface area contributed by atoms with Gasteiger partial charge in [-0.15, -0.1) is 0 Å². The molecular formula is C23H23NO. The van der Waals surface area contributed by atoms with Gasteiger partial charge in [-0.1, -0.05) is 60.7 Å². The molecule has 2 nitrogen and oxygen atoms in total. The van der Waals surface area contributed by atoms with Gasteiger partial charge >= 0.3 is 0 Å². The Morgan fingerprint density at radius 3 is 1.88 bits per heavy atom. The maximum atomic E-state index is 6.15. The highest BCUT2D eigenvalue weighted by atomic mass is 16.5. The molecule has 0 aromatic heterocycles. The van der Waals surface area contributed by atoms with Crippen molar-refractivity contribution in [1.82, 2.24) is 5.32 Å². The lowest BCUT2D eigenvalue weighted by atomic mass is 9.98. The lowest BCUT2D eigenvalue weighted by Gasteiger charge is -2.15. The quantitative estimate of drug-likeness (QED) is 0.699. The second kappa shape index (κ2) is 7.54. The summed E-state index contributed by atoms with van der Waals surface area (Å²) in [6, 6.07) is 28.0. The molecule has 1 unspecified atom stereocenters. The molecule has 1 aliphatic rings. The molecule has 4 rings (SSSR count). The lowest BCUT2D eigenvalue weighted by molar-refractivity contribution is 0.277. The number of nitrogens with one attached hydrogen (secondary N) is 1. The van der Waals surface area contributed by atoms with Crippen LogP contribution in [0.15, 0.2) is 78.9 Å². The van der Waals surface area contributed by atoms with E-state index < -0.39 is 0 Å². The Balaban J connectivity index is 1.67. The molecule has 25 heavy (non-hydrogen) atoms. The van der Waals surface area contributed by atoms with Gasteiger partial charge in [0.25, 0.3) is 0 Å². The fourth-order valence-corrected chi connectivity index (χ4v) is 3.37. The first-order valence-corrected chi connectivity index (χ1v) is 9.00. The smallest absolute Gasteiger partial charge is 0.120 e. The molecule has 1 heterocycles. The maximum absolute atomic E-state index is 6.15. The van der Waals surface area contributed by atoms with Crippen molar-refractivity contribution in [2.75, 3.05) is 13.2 Å². The Morgan fingerprint density at radius 1 is 0.760 bits per heavy atom. The third kappa shape index (κ3) is 3.92. The summed E-state index contributed by atoms with van der Waals surface area (Å²) in [7, 11) is 0. The topological polar surface area (TPSA) is 21.3 Å². The highest BCUT2D eigenvalue weighted by molar-refractivity contribution is 5.75. The van der Waals surface area contributed by atoms with Crippen molar-refractivity contribution in [3.63, 3.8) is 0 Å². The van der Waals surface area contributed by atoms with E-state index in [1.165, 1.54) is 35.1 Å². The van der Waals surface area contributed by atoms with Crippen LogP contribution in [-0.2, 0) is 0 Å². The second-order valence-electron chi connectivity index (χ2n) is 6.58. The number of hydrogen-bond donors (Lipinski definition) is 1. The summed E-state index contributed by atoms with van der Waals surface area (Å²) in [5.74, 6) is 0.939. The molecule has 1 fully saturated rings. The summed E-state index contributed by atoms with van der Waals surface area (Å²) in [5, 5.41) is 3.49. The molecule has 3 aromatic carbocycles. The Hall–Kier alpha value is -2.58. The third-order valence-electron chi connectivity index (χ3n) is 4.73. The third-order valence-corrected chi connectivity index (χ3v) is 4.73. The predicted octanol–water partition coefficient (Wildman–Crippen LogP) is 5.15. The van der Waals surface area contributed by atoms with Crippen molar-refractivity contribution >= 4 is 0 Å². The van der Waals surface area contributed by atoms with Crippen molar-refractivity contribution in [1.29, 1.82) is 0 Å². The molecule has 126 valence electrons. The van der Waals surface area contributed by atoms with E-state index >= 15 is 0 Å². The number of rotatable bonds is 5. The van der Waals surface area contributed by atoms with Gasteiger partial charge in [0, 0.05) is 6.04 Å². The van der Waals surface area contributed by atoms with E-state index in [1.54, 1.807) is 0 Å². The van der Waals surface area contributed by atoms with E-state index in [4.69, 9.17) is 4.74 Å². The number of hydrogen-bond acceptors (Lipinski definition) is 2. The van der Waals surface area contributed by atoms with Gasteiger partial charge in [0.05, 0.1) is 0 Å². The zero-order valence-electron chi connectivity index (χ0n) is 14.3. The van der Waals surface area contributed by atoms with Crippen molar-refractivity contribution in [3.8, 4) is 28.0 Å². The van der Waals surface area contributed by atoms with Crippen molar-refractivity contribution < 1.29 is 4.74 Å². The summed E-state index contributed by atoms with van der Waals surface area (Å²) in [5.41, 5.74) is 4.81. The molecule has 1 aliphatic heterocycles. The summed E-state index contributed by atoms with van der Waals surface area (Å²) < 4.78 is 6.15. The summed E-state index contributed by atoms with van der Waals surface area (Å²) in [4.78, 5) is 0. The van der Waals surface area contributed by atoms with E-state index in [2.05, 4.69) is 72.0 Å². The van der Waals surface area contributed by atoms with Crippen LogP contribution in [-0.4, -0.2) is 19.2 Å². The first-order chi connectivity index (χ1) is 12.4. The molecule has 2 heteroatoms. The summed E-state index contributed by atoms with van der Waals surface area (Å²) >= 11 is 0. The average Bonchev–Trinajstić information content (AvgIpc) is 3.21. The Morgan fingerprint density at radius 2 is 1.36 bits per heavy atom. The number of benzene rings is 3. The van der Waals surface area contributed by atoms with Gasteiger partial charge in [-0.05, 0) is 59.8 Å². The van der Waals surface area contributed by atoms with E-state index in [1.807, 2.05) is 12.1 Å². The Bertz CT molecular complexity index is 750. The Kier molecular flexibility index (Phi) is 4.80. The molecule has 0 saturated carbocycles. The maximum Gasteiger partial charge on any atom is 0.120 e. The average molecular weight is 329 g/mol. The zero-order valence-corrected chi connectivity index (χ0v) is 14.3. The standard InChI is InChI=1S/C23H23NO/c1-3-8-18(9-4-1)20-14-21(19-10-5-2-6-11-19)16-23(15-20)25-17-22-12-7-13-24-22/h1-6,8-11,14-16,22,24H,7,12-13,17H2. The zero-order chi connectivity index (χ0) is 16.9. The van der Waals surface area contributed by atoms with Crippen LogP contribution < -0.4 is 10.1 Å². The minimum absolute atomic E-state index is 0.473. The molecule has 1 saturated heterocycles. The largest absolute Gasteiger partial charge is 0.492 e. The van der Waals surface area contributed by atoms with Gasteiger partial charge in [-0.2, -0.15) is 0 Å². The molecule has 1 atom stereocenters. The van der Waals surface area contributed by atoms with Crippen molar-refractivity contribution in [2.45, 2.75) is 18.9 Å². The lowest BCUT2D eigenvalue weighted by Crippen LogP contribution is -2.28. The van der Waals surface area contributed by atoms with Crippen molar-refractivity contribution in [2.24, 2.45) is 0 Å². The predicted molar refractivity (Wildman–Crippen MR) is 104 cm³/mol. The molecule has 0 amide bonds. The molecule has 0 aliphatic carbocycles. The SMILES string of the molecule is c1ccc(-c2cc(OCC3CCCN3)cc(-c3ccccc3)c2)cc1. The molecule has 0 bridgehead atoms. The van der Waals surface area contributed by atoms with E-state index in [0.29, 0.717) is 6.04 Å². The van der Waals surface area contributed by atoms with Crippen LogP contribution in [0.4, 0.5) is 0 Å². The molecule has 1 N–H and O–H groups in total. The van der Waals surface area contributed by atoms with Gasteiger partial charge in [-0.3, -0.25) is 0 Å². The first-order valence-electron chi connectivity index (χ1n) is 9.00. The van der Waals surface area contributed by atoms with Crippen LogP contribution in [0, 0.1) is 0 Å². The van der Waals surface area contributed by atoms with Crippen LogP contribution in [0.25, 0.3) is 22.3 Å². The van der Waals surface area contributed by atoms with Gasteiger partial charge in [0.15, 0.2) is 0 Å². The van der Waals surface area contributed by atoms with Gasteiger partial charge < -0.3 is 10.1 Å². The van der Waals surface area contributed by atoms with E-state index in [0.717, 1.165) is 18.9 Å². The fraction of sp³-hybridized carbons (Fsp3) is 0.217. The van der Waals surface area contributed by atoms with Crippen LogP contribution in [0.1, 0.15) is 12.8 Å². The summed E-state index contributed by atoms with van der Waals surface area (Å²) in [6.45, 7) is 1.83. The normalized spacial score (nSPS) is 16.7. The fourth-order valence-electron chi connectivity index (χ4n) is 3.37. The van der Waals surface area contributed by atoms with Crippen LogP contribution in [0.5, 0.6) is 5.75 Å². The van der Waals surface area contributed by atoms with Crippen LogP contribution in [0.3, 0.4) is 0 Å². The minimum Gasteiger partial charge on any atom is -0.492 e. The first kappa shape index (κ1) is 15.9. The number of ether oxygens (including phenoxy) is 1.